The first-order chi connectivity index (χ1) is 5.35. The molecule has 64 valence electrons. The molecule has 0 fully saturated rings. The van der Waals surface area contributed by atoms with Crippen LogP contribution >= 0.6 is 0 Å². The molecule has 0 saturated heterocycles. The van der Waals surface area contributed by atoms with Gasteiger partial charge in [0.2, 0.25) is 0 Å². The summed E-state index contributed by atoms with van der Waals surface area (Å²) in [5.41, 5.74) is 0. The fourth-order valence-electron chi connectivity index (χ4n) is 1.03. The highest BCUT2D eigenvalue weighted by atomic mass is 16.5. The topological polar surface area (TPSA) is 9.23 Å². The Labute approximate surface area is 70.1 Å². The standard InChI is InChI=1S/C10H18O/c1-4-6-7-8-9-10(5-2)11-3/h2,10H,4,6-9H2,1,3H3. The summed E-state index contributed by atoms with van der Waals surface area (Å²) in [4.78, 5) is 0. The molecule has 1 nitrogen and oxygen atoms in total. The van der Waals surface area contributed by atoms with Gasteiger partial charge >= 0.3 is 0 Å². The second-order valence-electron chi connectivity index (χ2n) is 2.74. The summed E-state index contributed by atoms with van der Waals surface area (Å²) in [7, 11) is 1.67. The van der Waals surface area contributed by atoms with Crippen LogP contribution in [0.1, 0.15) is 39.0 Å². The van der Waals surface area contributed by atoms with E-state index in [1.165, 1.54) is 25.7 Å². The minimum atomic E-state index is 0.0341. The number of hydrogen-bond acceptors (Lipinski definition) is 1. The number of methoxy groups -OCH3 is 1. The van der Waals surface area contributed by atoms with Gasteiger partial charge in [-0.25, -0.2) is 0 Å². The van der Waals surface area contributed by atoms with E-state index in [4.69, 9.17) is 11.2 Å². The Hall–Kier alpha value is -0.480. The average molecular weight is 154 g/mol. The van der Waals surface area contributed by atoms with Gasteiger partial charge in [-0.05, 0) is 12.8 Å². The molecular weight excluding hydrogens is 136 g/mol. The number of unbranched alkanes of at least 4 members (excludes halogenated alkanes) is 3. The van der Waals surface area contributed by atoms with Gasteiger partial charge in [-0.15, -0.1) is 6.42 Å². The lowest BCUT2D eigenvalue weighted by molar-refractivity contribution is 0.138. The lowest BCUT2D eigenvalue weighted by atomic mass is 10.1. The molecule has 0 spiro atoms. The maximum absolute atomic E-state index is 5.22. The van der Waals surface area contributed by atoms with Crippen LogP contribution in [0.5, 0.6) is 0 Å². The molecule has 0 aromatic rings. The molecule has 0 radical (unpaired) electrons. The molecule has 1 atom stereocenters. The Bertz CT molecular complexity index is 113. The van der Waals surface area contributed by atoms with E-state index < -0.39 is 0 Å². The molecule has 0 rings (SSSR count). The van der Waals surface area contributed by atoms with Crippen molar-refractivity contribution in [2.24, 2.45) is 0 Å². The van der Waals surface area contributed by atoms with Crippen LogP contribution in [-0.2, 0) is 4.74 Å². The maximum Gasteiger partial charge on any atom is 0.117 e. The van der Waals surface area contributed by atoms with Crippen LogP contribution < -0.4 is 0 Å². The highest BCUT2D eigenvalue weighted by Crippen LogP contribution is 2.06. The van der Waals surface area contributed by atoms with E-state index in [0.717, 1.165) is 6.42 Å². The summed E-state index contributed by atoms with van der Waals surface area (Å²) in [6.07, 6.45) is 11.3. The molecule has 0 amide bonds. The number of ether oxygens (including phenoxy) is 1. The van der Waals surface area contributed by atoms with Gasteiger partial charge < -0.3 is 4.74 Å². The smallest absolute Gasteiger partial charge is 0.117 e. The number of terminal acetylenes is 1. The van der Waals surface area contributed by atoms with Crippen molar-refractivity contribution in [3.05, 3.63) is 0 Å². The third-order valence-electron chi connectivity index (χ3n) is 1.79. The van der Waals surface area contributed by atoms with Crippen LogP contribution in [0.2, 0.25) is 0 Å². The Morgan fingerprint density at radius 1 is 1.36 bits per heavy atom. The molecule has 0 aliphatic carbocycles. The molecule has 0 aromatic heterocycles. The minimum Gasteiger partial charge on any atom is -0.369 e. The quantitative estimate of drug-likeness (QED) is 0.422. The second-order valence-corrected chi connectivity index (χ2v) is 2.74. The first-order valence-electron chi connectivity index (χ1n) is 4.34. The fraction of sp³-hybridized carbons (Fsp3) is 0.800. The van der Waals surface area contributed by atoms with Crippen LogP contribution in [0.25, 0.3) is 0 Å². The number of rotatable bonds is 6. The molecule has 0 heterocycles. The van der Waals surface area contributed by atoms with Gasteiger partial charge in [-0.3, -0.25) is 0 Å². The predicted octanol–water partition coefficient (Wildman–Crippen LogP) is 2.61. The molecule has 0 aliphatic rings. The van der Waals surface area contributed by atoms with E-state index in [1.807, 2.05) is 0 Å². The van der Waals surface area contributed by atoms with Crippen LogP contribution in [-0.4, -0.2) is 13.2 Å². The first kappa shape index (κ1) is 10.5. The Morgan fingerprint density at radius 2 is 2.09 bits per heavy atom. The summed E-state index contributed by atoms with van der Waals surface area (Å²) in [6, 6.07) is 0. The summed E-state index contributed by atoms with van der Waals surface area (Å²) in [5.74, 6) is 2.61. The third kappa shape index (κ3) is 5.94. The van der Waals surface area contributed by atoms with Gasteiger partial charge in [-0.1, -0.05) is 32.1 Å². The van der Waals surface area contributed by atoms with Gasteiger partial charge in [-0.2, -0.15) is 0 Å². The van der Waals surface area contributed by atoms with Crippen LogP contribution in [0.3, 0.4) is 0 Å². The Kier molecular flexibility index (Phi) is 7.29. The zero-order valence-corrected chi connectivity index (χ0v) is 7.60. The zero-order valence-electron chi connectivity index (χ0n) is 7.60. The van der Waals surface area contributed by atoms with E-state index in [2.05, 4.69) is 12.8 Å². The molecular formula is C10H18O. The summed E-state index contributed by atoms with van der Waals surface area (Å²) in [5, 5.41) is 0. The lowest BCUT2D eigenvalue weighted by Crippen LogP contribution is -2.06. The molecule has 0 N–H and O–H groups in total. The van der Waals surface area contributed by atoms with Crippen molar-refractivity contribution in [2.75, 3.05) is 7.11 Å². The van der Waals surface area contributed by atoms with Crippen molar-refractivity contribution in [3.63, 3.8) is 0 Å². The molecule has 1 unspecified atom stereocenters. The van der Waals surface area contributed by atoms with Gasteiger partial charge in [0.15, 0.2) is 0 Å². The molecule has 11 heavy (non-hydrogen) atoms. The summed E-state index contributed by atoms with van der Waals surface area (Å²) >= 11 is 0. The second kappa shape index (κ2) is 7.63. The van der Waals surface area contributed by atoms with E-state index in [9.17, 15) is 0 Å². The van der Waals surface area contributed by atoms with Gasteiger partial charge in [0.1, 0.15) is 6.10 Å². The lowest BCUT2D eigenvalue weighted by Gasteiger charge is -2.06. The van der Waals surface area contributed by atoms with Crippen molar-refractivity contribution in [2.45, 2.75) is 45.1 Å². The summed E-state index contributed by atoms with van der Waals surface area (Å²) < 4.78 is 5.04. The van der Waals surface area contributed by atoms with Crippen LogP contribution in [0.4, 0.5) is 0 Å². The van der Waals surface area contributed by atoms with Crippen LogP contribution in [0, 0.1) is 12.3 Å². The molecule has 0 saturated carbocycles. The Morgan fingerprint density at radius 3 is 2.55 bits per heavy atom. The third-order valence-corrected chi connectivity index (χ3v) is 1.79. The van der Waals surface area contributed by atoms with E-state index >= 15 is 0 Å². The van der Waals surface area contributed by atoms with Crippen molar-refractivity contribution >= 4 is 0 Å². The molecule has 0 aliphatic heterocycles. The highest BCUT2D eigenvalue weighted by Gasteiger charge is 2.00. The summed E-state index contributed by atoms with van der Waals surface area (Å²) in [6.45, 7) is 2.20. The first-order valence-corrected chi connectivity index (χ1v) is 4.34. The van der Waals surface area contributed by atoms with Gasteiger partial charge in [0, 0.05) is 7.11 Å². The zero-order chi connectivity index (χ0) is 8.53. The number of hydrogen-bond donors (Lipinski definition) is 0. The predicted molar refractivity (Wildman–Crippen MR) is 48.4 cm³/mol. The van der Waals surface area contributed by atoms with Crippen LogP contribution in [0.15, 0.2) is 0 Å². The molecule has 0 aromatic carbocycles. The minimum absolute atomic E-state index is 0.0341. The van der Waals surface area contributed by atoms with Gasteiger partial charge in [0.25, 0.3) is 0 Å². The SMILES string of the molecule is C#CC(CCCCCC)OC. The van der Waals surface area contributed by atoms with Crippen molar-refractivity contribution in [1.82, 2.24) is 0 Å². The average Bonchev–Trinajstić information content (AvgIpc) is 2.05. The van der Waals surface area contributed by atoms with Crippen molar-refractivity contribution < 1.29 is 4.74 Å². The van der Waals surface area contributed by atoms with Crippen molar-refractivity contribution in [1.29, 1.82) is 0 Å². The monoisotopic (exact) mass is 154 g/mol. The van der Waals surface area contributed by atoms with E-state index in [-0.39, 0.29) is 6.10 Å². The highest BCUT2D eigenvalue weighted by molar-refractivity contribution is 4.93. The molecule has 1 heteroatoms. The normalized spacial score (nSPS) is 12.5. The van der Waals surface area contributed by atoms with Gasteiger partial charge in [0.05, 0.1) is 0 Å². The maximum atomic E-state index is 5.22. The largest absolute Gasteiger partial charge is 0.369 e. The fourth-order valence-corrected chi connectivity index (χ4v) is 1.03. The van der Waals surface area contributed by atoms with E-state index in [0.29, 0.717) is 0 Å². The van der Waals surface area contributed by atoms with Crippen molar-refractivity contribution in [3.8, 4) is 12.3 Å². The van der Waals surface area contributed by atoms with E-state index in [1.54, 1.807) is 7.11 Å². The Balaban J connectivity index is 3.16. The molecule has 0 bridgehead atoms.